The number of benzene rings is 1. The van der Waals surface area contributed by atoms with Gasteiger partial charge in [0.2, 0.25) is 0 Å². The van der Waals surface area contributed by atoms with Gasteiger partial charge in [-0.25, -0.2) is 0 Å². The molecule has 2 N–H and O–H groups in total. The summed E-state index contributed by atoms with van der Waals surface area (Å²) in [6, 6.07) is 7.40. The van der Waals surface area contributed by atoms with Crippen molar-refractivity contribution in [3.8, 4) is 11.5 Å². The Morgan fingerprint density at radius 2 is 0.525 bits per heavy atom. The molecule has 0 atom stereocenters. The molecule has 0 bridgehead atoms. The van der Waals surface area contributed by atoms with Gasteiger partial charge >= 0.3 is 51.4 Å². The fraction of sp³-hybridized carbons (Fsp3) is 0.833. The molecule has 23 heteroatoms. The molecule has 0 unspecified atom stereocenters. The summed E-state index contributed by atoms with van der Waals surface area (Å²) >= 11 is 0. The van der Waals surface area contributed by atoms with Gasteiger partial charge in [0.25, 0.3) is 20.2 Å². The maximum atomic E-state index is 10.6. The van der Waals surface area contributed by atoms with E-state index in [4.69, 9.17) is 75.4 Å². The van der Waals surface area contributed by atoms with Crippen LogP contribution in [0, 0.1) is 0 Å². The molecule has 344 valence electrons. The predicted molar refractivity (Wildman–Crippen MR) is 210 cm³/mol. The van der Waals surface area contributed by atoms with Gasteiger partial charge in [-0.15, -0.1) is 0 Å². The SMILES string of the molecule is O=S(=O)(O)CCCOCCOCCOCCOCCOCCOCCOc1ccccc1OCCOCCOCCOCCOCCOCCOCCCS(=O)(=O)O.[H-].[K+]. The minimum atomic E-state index is -3.94. The molecule has 0 spiro atoms. The van der Waals surface area contributed by atoms with Gasteiger partial charge in [-0.05, 0) is 25.0 Å². The predicted octanol–water partition coefficient (Wildman–Crippen LogP) is -1.68. The molecule has 0 heterocycles. The van der Waals surface area contributed by atoms with E-state index in [0.717, 1.165) is 0 Å². The van der Waals surface area contributed by atoms with Crippen LogP contribution in [0.4, 0.5) is 0 Å². The van der Waals surface area contributed by atoms with Crippen molar-refractivity contribution in [2.75, 3.05) is 183 Å². The molecule has 0 aliphatic heterocycles. The van der Waals surface area contributed by atoms with E-state index in [0.29, 0.717) is 170 Å². The molecule has 0 aliphatic rings. The normalized spacial score (nSPS) is 11.8. The quantitative estimate of drug-likeness (QED) is 0.0422. The van der Waals surface area contributed by atoms with Crippen molar-refractivity contribution in [3.63, 3.8) is 0 Å². The third-order valence-corrected chi connectivity index (χ3v) is 8.53. The van der Waals surface area contributed by atoms with E-state index in [1.54, 1.807) is 0 Å². The molecular weight excluding hydrogens is 856 g/mol. The largest absolute Gasteiger partial charge is 1.00 e. The fourth-order valence-electron chi connectivity index (χ4n) is 4.20. The zero-order valence-electron chi connectivity index (χ0n) is 35.6. The van der Waals surface area contributed by atoms with Crippen LogP contribution in [0.2, 0.25) is 0 Å². The molecular formula is C36H67KO20S2. The van der Waals surface area contributed by atoms with Gasteiger partial charge in [-0.3, -0.25) is 9.11 Å². The molecule has 59 heavy (non-hydrogen) atoms. The Labute approximate surface area is 394 Å². The van der Waals surface area contributed by atoms with Crippen LogP contribution < -0.4 is 60.9 Å². The van der Waals surface area contributed by atoms with E-state index in [-0.39, 0.29) is 90.4 Å². The van der Waals surface area contributed by atoms with Crippen LogP contribution in [-0.4, -0.2) is 209 Å². The van der Waals surface area contributed by atoms with Crippen LogP contribution in [0.25, 0.3) is 0 Å². The maximum absolute atomic E-state index is 10.6. The topological polar surface area (TPSA) is 238 Å². The first-order valence-corrected chi connectivity index (χ1v) is 22.6. The summed E-state index contributed by atoms with van der Waals surface area (Å²) in [6.07, 6.45) is 0.470. The number of para-hydroxylation sites is 2. The van der Waals surface area contributed by atoms with Crippen LogP contribution in [-0.2, 0) is 77.1 Å². The summed E-state index contributed by atoms with van der Waals surface area (Å²) in [5, 5.41) is 0. The fourth-order valence-corrected chi connectivity index (χ4v) is 5.17. The van der Waals surface area contributed by atoms with Crippen molar-refractivity contribution in [2.45, 2.75) is 12.8 Å². The molecule has 1 aromatic carbocycles. The Bertz CT molecular complexity index is 1180. The first kappa shape index (κ1) is 58.8. The third-order valence-electron chi connectivity index (χ3n) is 6.92. The molecule has 0 radical (unpaired) electrons. The second-order valence-electron chi connectivity index (χ2n) is 11.8. The van der Waals surface area contributed by atoms with Gasteiger partial charge in [0.1, 0.15) is 13.2 Å². The molecule has 0 saturated carbocycles. The van der Waals surface area contributed by atoms with Crippen LogP contribution >= 0.6 is 0 Å². The standard InChI is InChI=1S/C36H66O20S2.K.H/c37-57(38,39)33-3-7-43-9-11-45-13-15-47-17-19-49-21-23-51-25-27-53-29-31-55-35-5-1-2-6-36(35)56-32-30-54-28-26-52-24-22-50-20-18-48-16-14-46-12-10-44-8-4-34-58(40,41)42;;/h1-2,5-6H,3-4,7-34H2,(H,37,38,39)(H,40,41,42);;/q;+1;-1. The van der Waals surface area contributed by atoms with Gasteiger partial charge in [0, 0.05) is 13.2 Å². The molecule has 1 rings (SSSR count). The summed E-state index contributed by atoms with van der Waals surface area (Å²) in [5.74, 6) is 0.606. The minimum Gasteiger partial charge on any atom is -1.00 e. The third kappa shape index (κ3) is 45.6. The monoisotopic (exact) mass is 922 g/mol. The average molecular weight is 923 g/mol. The summed E-state index contributed by atoms with van der Waals surface area (Å²) in [5.41, 5.74) is 0. The van der Waals surface area contributed by atoms with Crippen LogP contribution in [0.1, 0.15) is 14.3 Å². The Hall–Kier alpha value is -0.204. The number of hydrogen-bond donors (Lipinski definition) is 2. The summed E-state index contributed by atoms with van der Waals surface area (Å²) in [4.78, 5) is 0. The van der Waals surface area contributed by atoms with Crippen molar-refractivity contribution < 1.29 is 145 Å². The Morgan fingerprint density at radius 3 is 0.729 bits per heavy atom. The molecule has 20 nitrogen and oxygen atoms in total. The molecule has 0 fully saturated rings. The molecule has 0 aromatic heterocycles. The van der Waals surface area contributed by atoms with Crippen LogP contribution in [0.3, 0.4) is 0 Å². The average Bonchev–Trinajstić information content (AvgIpc) is 3.18. The summed E-state index contributed by atoms with van der Waals surface area (Å²) < 4.78 is 136. The van der Waals surface area contributed by atoms with Crippen molar-refractivity contribution >= 4 is 20.2 Å². The smallest absolute Gasteiger partial charge is 1.00 e. The Kier molecular flexibility index (Phi) is 42.9. The van der Waals surface area contributed by atoms with Gasteiger partial charge in [-0.2, -0.15) is 16.8 Å². The van der Waals surface area contributed by atoms with Crippen LogP contribution in [0.5, 0.6) is 11.5 Å². The Morgan fingerprint density at radius 1 is 0.339 bits per heavy atom. The van der Waals surface area contributed by atoms with Gasteiger partial charge < -0.3 is 67.7 Å². The first-order valence-electron chi connectivity index (χ1n) is 19.4. The maximum Gasteiger partial charge on any atom is 1.00 e. The van der Waals surface area contributed by atoms with E-state index in [9.17, 15) is 16.8 Å². The van der Waals surface area contributed by atoms with Crippen molar-refractivity contribution in [1.29, 1.82) is 0 Å². The zero-order valence-corrected chi connectivity index (χ0v) is 39.3. The first-order chi connectivity index (χ1) is 28.2. The Balaban J connectivity index is 0. The zero-order chi connectivity index (χ0) is 42.1. The number of hydrogen-bond acceptors (Lipinski definition) is 18. The molecule has 0 amide bonds. The van der Waals surface area contributed by atoms with Gasteiger partial charge in [0.05, 0.1) is 157 Å². The van der Waals surface area contributed by atoms with E-state index < -0.39 is 20.2 Å². The molecule has 0 saturated heterocycles. The van der Waals surface area contributed by atoms with E-state index >= 15 is 0 Å². The second kappa shape index (κ2) is 43.1. The minimum absolute atomic E-state index is 0. The summed E-state index contributed by atoms with van der Waals surface area (Å²) in [6.45, 7) is 10.3. The van der Waals surface area contributed by atoms with Crippen molar-refractivity contribution in [1.82, 2.24) is 0 Å². The van der Waals surface area contributed by atoms with Gasteiger partial charge in [0.15, 0.2) is 11.5 Å². The van der Waals surface area contributed by atoms with Crippen LogP contribution in [0.15, 0.2) is 24.3 Å². The van der Waals surface area contributed by atoms with E-state index in [1.807, 2.05) is 24.3 Å². The van der Waals surface area contributed by atoms with E-state index in [2.05, 4.69) is 0 Å². The number of rotatable bonds is 46. The number of ether oxygens (including phenoxy) is 14. The summed E-state index contributed by atoms with van der Waals surface area (Å²) in [7, 11) is -7.88. The van der Waals surface area contributed by atoms with Crippen molar-refractivity contribution in [3.05, 3.63) is 24.3 Å². The molecule has 1 aromatic rings. The van der Waals surface area contributed by atoms with Crippen molar-refractivity contribution in [2.24, 2.45) is 0 Å². The van der Waals surface area contributed by atoms with Gasteiger partial charge in [-0.1, -0.05) is 12.1 Å². The van der Waals surface area contributed by atoms with E-state index in [1.165, 1.54) is 0 Å². The molecule has 0 aliphatic carbocycles. The second-order valence-corrected chi connectivity index (χ2v) is 14.9.